The van der Waals surface area contributed by atoms with Crippen LogP contribution in [0, 0.1) is 11.6 Å². The van der Waals surface area contributed by atoms with Gasteiger partial charge in [-0.25, -0.2) is 8.78 Å². The normalized spacial score (nSPS) is 19.0. The molecule has 1 aliphatic rings. The van der Waals surface area contributed by atoms with Gasteiger partial charge < -0.3 is 10.6 Å². The summed E-state index contributed by atoms with van der Waals surface area (Å²) in [6, 6.07) is 2.24. The lowest BCUT2D eigenvalue weighted by Crippen LogP contribution is -2.43. The highest BCUT2D eigenvalue weighted by Crippen LogP contribution is 2.20. The smallest absolute Gasteiger partial charge is 0.254 e. The lowest BCUT2D eigenvalue weighted by Gasteiger charge is -2.22. The van der Waals surface area contributed by atoms with Crippen molar-refractivity contribution in [3.63, 3.8) is 0 Å². The van der Waals surface area contributed by atoms with E-state index in [9.17, 15) is 18.4 Å². The van der Waals surface area contributed by atoms with Crippen molar-refractivity contribution in [3.8, 4) is 0 Å². The average molecular weight is 254 g/mol. The van der Waals surface area contributed by atoms with E-state index < -0.39 is 29.5 Å². The van der Waals surface area contributed by atoms with Crippen molar-refractivity contribution in [3.05, 3.63) is 35.4 Å². The molecule has 2 rings (SSSR count). The fourth-order valence-corrected chi connectivity index (χ4v) is 2.10. The maximum Gasteiger partial charge on any atom is 0.254 e. The quantitative estimate of drug-likeness (QED) is 0.857. The molecular formula is C12H12F2N2O2. The number of hydrogen-bond donors (Lipinski definition) is 1. The van der Waals surface area contributed by atoms with Crippen LogP contribution < -0.4 is 5.73 Å². The standard InChI is InChI=1S/C12H12F2N2O2/c13-8-4-3-7(6-9(8)14)12(18)16-5-1-2-10(16)11(15)17/h3-4,6,10H,1-2,5H2,(H2,15,17)/t10-/m0/s1. The topological polar surface area (TPSA) is 63.4 Å². The van der Waals surface area contributed by atoms with Crippen molar-refractivity contribution in [1.82, 2.24) is 4.90 Å². The molecule has 4 nitrogen and oxygen atoms in total. The maximum absolute atomic E-state index is 13.0. The van der Waals surface area contributed by atoms with Crippen molar-refractivity contribution in [2.45, 2.75) is 18.9 Å². The van der Waals surface area contributed by atoms with Crippen LogP contribution in [0.15, 0.2) is 18.2 Å². The summed E-state index contributed by atoms with van der Waals surface area (Å²) < 4.78 is 25.8. The number of benzene rings is 1. The second-order valence-corrected chi connectivity index (χ2v) is 4.19. The van der Waals surface area contributed by atoms with Gasteiger partial charge in [-0.2, -0.15) is 0 Å². The molecule has 0 aliphatic carbocycles. The minimum atomic E-state index is -1.09. The largest absolute Gasteiger partial charge is 0.368 e. The van der Waals surface area contributed by atoms with E-state index in [1.165, 1.54) is 11.0 Å². The van der Waals surface area contributed by atoms with Crippen LogP contribution in [0.1, 0.15) is 23.2 Å². The van der Waals surface area contributed by atoms with Gasteiger partial charge in [-0.15, -0.1) is 0 Å². The second-order valence-electron chi connectivity index (χ2n) is 4.19. The molecule has 6 heteroatoms. The number of likely N-dealkylation sites (tertiary alicyclic amines) is 1. The van der Waals surface area contributed by atoms with E-state index in [2.05, 4.69) is 0 Å². The minimum Gasteiger partial charge on any atom is -0.368 e. The number of halogens is 2. The number of carbonyl (C=O) groups excluding carboxylic acids is 2. The molecule has 0 radical (unpaired) electrons. The second kappa shape index (κ2) is 4.72. The summed E-state index contributed by atoms with van der Waals surface area (Å²) in [4.78, 5) is 24.5. The number of carbonyl (C=O) groups is 2. The highest BCUT2D eigenvalue weighted by Gasteiger charge is 2.33. The van der Waals surface area contributed by atoms with Gasteiger partial charge in [0.25, 0.3) is 5.91 Å². The van der Waals surface area contributed by atoms with Crippen LogP contribution in [0.25, 0.3) is 0 Å². The molecule has 0 spiro atoms. The van der Waals surface area contributed by atoms with Gasteiger partial charge in [-0.05, 0) is 31.0 Å². The van der Waals surface area contributed by atoms with Crippen LogP contribution in [0.3, 0.4) is 0 Å². The van der Waals surface area contributed by atoms with E-state index in [4.69, 9.17) is 5.73 Å². The zero-order valence-electron chi connectivity index (χ0n) is 9.53. The fraction of sp³-hybridized carbons (Fsp3) is 0.333. The molecule has 96 valence electrons. The van der Waals surface area contributed by atoms with Crippen LogP contribution in [-0.4, -0.2) is 29.3 Å². The Kier molecular flexibility index (Phi) is 3.27. The fourth-order valence-electron chi connectivity index (χ4n) is 2.10. The summed E-state index contributed by atoms with van der Waals surface area (Å²) in [6.45, 7) is 0.394. The van der Waals surface area contributed by atoms with Gasteiger partial charge in [0.1, 0.15) is 6.04 Å². The molecule has 1 aromatic carbocycles. The van der Waals surface area contributed by atoms with Crippen LogP contribution in [0.4, 0.5) is 8.78 Å². The number of rotatable bonds is 2. The minimum absolute atomic E-state index is 0.0158. The van der Waals surface area contributed by atoms with E-state index in [-0.39, 0.29) is 5.56 Å². The number of hydrogen-bond acceptors (Lipinski definition) is 2. The molecule has 1 fully saturated rings. The molecule has 1 atom stereocenters. The molecule has 1 heterocycles. The molecular weight excluding hydrogens is 242 g/mol. The van der Waals surface area contributed by atoms with E-state index in [0.717, 1.165) is 12.1 Å². The summed E-state index contributed by atoms with van der Waals surface area (Å²) in [5.74, 6) is -3.19. The number of amides is 2. The number of nitrogens with two attached hydrogens (primary N) is 1. The van der Waals surface area contributed by atoms with Crippen molar-refractivity contribution in [1.29, 1.82) is 0 Å². The Balaban J connectivity index is 2.25. The molecule has 1 saturated heterocycles. The van der Waals surface area contributed by atoms with Crippen molar-refractivity contribution < 1.29 is 18.4 Å². The van der Waals surface area contributed by atoms with E-state index in [1.54, 1.807) is 0 Å². The molecule has 0 unspecified atom stereocenters. The van der Waals surface area contributed by atoms with Crippen LogP contribution in [0.5, 0.6) is 0 Å². The number of primary amides is 1. The maximum atomic E-state index is 13.0. The van der Waals surface area contributed by atoms with E-state index in [1.807, 2.05) is 0 Å². The van der Waals surface area contributed by atoms with Gasteiger partial charge in [-0.3, -0.25) is 9.59 Å². The molecule has 1 aliphatic heterocycles. The van der Waals surface area contributed by atoms with Crippen LogP contribution in [0.2, 0.25) is 0 Å². The Morgan fingerprint density at radius 3 is 2.61 bits per heavy atom. The first-order valence-electron chi connectivity index (χ1n) is 5.56. The summed E-state index contributed by atoms with van der Waals surface area (Å²) in [5.41, 5.74) is 5.21. The predicted molar refractivity (Wildman–Crippen MR) is 59.6 cm³/mol. The molecule has 0 aromatic heterocycles. The number of nitrogens with zero attached hydrogens (tertiary/aromatic N) is 1. The Labute approximate surface area is 102 Å². The van der Waals surface area contributed by atoms with Gasteiger partial charge >= 0.3 is 0 Å². The summed E-state index contributed by atoms with van der Waals surface area (Å²) >= 11 is 0. The monoisotopic (exact) mass is 254 g/mol. The Bertz CT molecular complexity index is 505. The Hall–Kier alpha value is -1.98. The molecule has 2 N–H and O–H groups in total. The van der Waals surface area contributed by atoms with Crippen LogP contribution >= 0.6 is 0 Å². The third kappa shape index (κ3) is 2.18. The lowest BCUT2D eigenvalue weighted by atomic mass is 10.1. The summed E-state index contributed by atoms with van der Waals surface area (Å²) in [7, 11) is 0. The summed E-state index contributed by atoms with van der Waals surface area (Å²) in [6.07, 6.45) is 1.17. The van der Waals surface area contributed by atoms with Gasteiger partial charge in [0.15, 0.2) is 11.6 Å². The van der Waals surface area contributed by atoms with E-state index in [0.29, 0.717) is 19.4 Å². The lowest BCUT2D eigenvalue weighted by molar-refractivity contribution is -0.121. The molecule has 18 heavy (non-hydrogen) atoms. The first-order valence-corrected chi connectivity index (χ1v) is 5.56. The third-order valence-corrected chi connectivity index (χ3v) is 3.01. The average Bonchev–Trinajstić information content (AvgIpc) is 2.81. The van der Waals surface area contributed by atoms with Crippen molar-refractivity contribution in [2.24, 2.45) is 5.73 Å². The first kappa shape index (κ1) is 12.5. The van der Waals surface area contributed by atoms with Crippen molar-refractivity contribution in [2.75, 3.05) is 6.54 Å². The highest BCUT2D eigenvalue weighted by molar-refractivity contribution is 5.97. The van der Waals surface area contributed by atoms with Gasteiger partial charge in [0, 0.05) is 12.1 Å². The van der Waals surface area contributed by atoms with Gasteiger partial charge in [0.05, 0.1) is 0 Å². The van der Waals surface area contributed by atoms with Crippen LogP contribution in [-0.2, 0) is 4.79 Å². The molecule has 1 aromatic rings. The van der Waals surface area contributed by atoms with Crippen molar-refractivity contribution >= 4 is 11.8 Å². The zero-order valence-corrected chi connectivity index (χ0v) is 9.53. The molecule has 0 saturated carbocycles. The molecule has 0 bridgehead atoms. The zero-order chi connectivity index (χ0) is 13.3. The van der Waals surface area contributed by atoms with Gasteiger partial charge in [0.2, 0.25) is 5.91 Å². The third-order valence-electron chi connectivity index (χ3n) is 3.01. The Morgan fingerprint density at radius 2 is 2.00 bits per heavy atom. The first-order chi connectivity index (χ1) is 8.50. The Morgan fingerprint density at radius 1 is 1.28 bits per heavy atom. The van der Waals surface area contributed by atoms with E-state index >= 15 is 0 Å². The summed E-state index contributed by atoms with van der Waals surface area (Å²) in [5, 5.41) is 0. The molecule has 2 amide bonds. The van der Waals surface area contributed by atoms with Gasteiger partial charge in [-0.1, -0.05) is 0 Å². The predicted octanol–water partition coefficient (Wildman–Crippen LogP) is 1.05. The highest BCUT2D eigenvalue weighted by atomic mass is 19.2. The SMILES string of the molecule is NC(=O)[C@@H]1CCCN1C(=O)c1ccc(F)c(F)c1.